The van der Waals surface area contributed by atoms with E-state index in [0.717, 1.165) is 11.3 Å². The van der Waals surface area contributed by atoms with Gasteiger partial charge in [0.15, 0.2) is 0 Å². The highest BCUT2D eigenvalue weighted by atomic mass is 16.5. The Bertz CT molecular complexity index is 982. The van der Waals surface area contributed by atoms with E-state index in [4.69, 9.17) is 9.47 Å². The second-order valence-corrected chi connectivity index (χ2v) is 7.74. The number of nitrogens with zero attached hydrogens (tertiary/aromatic N) is 2. The molecule has 31 heavy (non-hydrogen) atoms. The van der Waals surface area contributed by atoms with Gasteiger partial charge in [-0.2, -0.15) is 0 Å². The summed E-state index contributed by atoms with van der Waals surface area (Å²) in [4.78, 5) is 19.4. The highest BCUT2D eigenvalue weighted by Gasteiger charge is 2.33. The summed E-state index contributed by atoms with van der Waals surface area (Å²) >= 11 is 0. The molecule has 1 aliphatic heterocycles. The molecule has 2 N–H and O–H groups in total. The molecule has 1 aromatic heterocycles. The number of amides is 1. The smallest absolute Gasteiger partial charge is 0.259 e. The van der Waals surface area contributed by atoms with Crippen LogP contribution in [0.25, 0.3) is 0 Å². The van der Waals surface area contributed by atoms with Gasteiger partial charge >= 0.3 is 0 Å². The number of hydrogen-bond donors (Lipinski definition) is 2. The minimum atomic E-state index is -0.317. The van der Waals surface area contributed by atoms with Crippen LogP contribution in [-0.2, 0) is 0 Å². The van der Waals surface area contributed by atoms with Gasteiger partial charge in [0.2, 0.25) is 5.88 Å². The van der Waals surface area contributed by atoms with Crippen molar-refractivity contribution in [1.29, 1.82) is 0 Å². The van der Waals surface area contributed by atoms with Crippen molar-refractivity contribution in [2.24, 2.45) is 5.92 Å². The van der Waals surface area contributed by atoms with E-state index in [2.05, 4.69) is 22.1 Å². The van der Waals surface area contributed by atoms with Crippen molar-refractivity contribution in [3.63, 3.8) is 0 Å². The molecule has 1 aromatic carbocycles. The van der Waals surface area contributed by atoms with Crippen molar-refractivity contribution in [1.82, 2.24) is 15.2 Å². The molecule has 0 aliphatic carbocycles. The topological polar surface area (TPSA) is 83.9 Å². The van der Waals surface area contributed by atoms with Crippen LogP contribution in [0, 0.1) is 17.8 Å². The maximum absolute atomic E-state index is 13.3. The van der Waals surface area contributed by atoms with Crippen LogP contribution in [0.4, 0.5) is 0 Å². The number of aliphatic hydroxyl groups excluding tert-OH is 1. The van der Waals surface area contributed by atoms with Crippen molar-refractivity contribution in [3.05, 3.63) is 53.2 Å². The lowest BCUT2D eigenvalue weighted by Gasteiger charge is -2.36. The first-order chi connectivity index (χ1) is 15.0. The van der Waals surface area contributed by atoms with Gasteiger partial charge in [0, 0.05) is 36.3 Å². The molecule has 0 bridgehead atoms. The fourth-order valence-electron chi connectivity index (χ4n) is 3.46. The van der Waals surface area contributed by atoms with Gasteiger partial charge in [0.25, 0.3) is 5.91 Å². The summed E-state index contributed by atoms with van der Waals surface area (Å²) in [5, 5.41) is 12.8. The van der Waals surface area contributed by atoms with E-state index in [9.17, 15) is 9.90 Å². The van der Waals surface area contributed by atoms with Crippen molar-refractivity contribution < 1.29 is 19.4 Å². The summed E-state index contributed by atoms with van der Waals surface area (Å²) in [6, 6.07) is 8.85. The normalized spacial score (nSPS) is 19.3. The van der Waals surface area contributed by atoms with Crippen LogP contribution in [0.5, 0.6) is 11.6 Å². The number of hydrogen-bond acceptors (Lipinski definition) is 6. The number of ether oxygens (including phenoxy) is 2. The number of likely N-dealkylation sites (N-methyl/N-ethyl adjacent to an activating group) is 1. The highest BCUT2D eigenvalue weighted by molar-refractivity contribution is 5.97. The highest BCUT2D eigenvalue weighted by Crippen LogP contribution is 2.26. The number of methoxy groups -OCH3 is 1. The molecular weight excluding hydrogens is 394 g/mol. The number of rotatable bonds is 5. The van der Waals surface area contributed by atoms with Gasteiger partial charge in [-0.25, -0.2) is 4.98 Å². The third-order valence-corrected chi connectivity index (χ3v) is 5.35. The van der Waals surface area contributed by atoms with Gasteiger partial charge in [0.05, 0.1) is 19.8 Å². The van der Waals surface area contributed by atoms with Crippen molar-refractivity contribution in [2.45, 2.75) is 26.0 Å². The lowest BCUT2D eigenvalue weighted by molar-refractivity contribution is 0.0404. The first kappa shape index (κ1) is 22.6. The third-order valence-electron chi connectivity index (χ3n) is 5.35. The summed E-state index contributed by atoms with van der Waals surface area (Å²) in [5.74, 6) is 7.01. The molecule has 1 aliphatic rings. The zero-order valence-electron chi connectivity index (χ0n) is 18.4. The maximum Gasteiger partial charge on any atom is 0.259 e. The Labute approximate surface area is 183 Å². The van der Waals surface area contributed by atoms with Gasteiger partial charge in [0.1, 0.15) is 17.4 Å². The summed E-state index contributed by atoms with van der Waals surface area (Å²) in [7, 11) is 3.47. The number of benzene rings is 1. The first-order valence-electron chi connectivity index (χ1n) is 10.4. The number of aromatic nitrogens is 1. The molecule has 1 amide bonds. The average Bonchev–Trinajstić information content (AvgIpc) is 2.79. The first-order valence-corrected chi connectivity index (χ1v) is 10.4. The zero-order chi connectivity index (χ0) is 22.4. The van der Waals surface area contributed by atoms with E-state index in [0.29, 0.717) is 30.1 Å². The molecule has 0 radical (unpaired) electrons. The van der Waals surface area contributed by atoms with Crippen LogP contribution < -0.4 is 14.8 Å². The summed E-state index contributed by atoms with van der Waals surface area (Å²) in [5.41, 5.74) is 1.76. The molecule has 164 valence electrons. The van der Waals surface area contributed by atoms with Crippen LogP contribution >= 0.6 is 0 Å². The minimum absolute atomic E-state index is 0.0629. The molecule has 0 spiro atoms. The molecule has 2 heterocycles. The second-order valence-electron chi connectivity index (χ2n) is 7.74. The minimum Gasteiger partial charge on any atom is -0.497 e. The Balaban J connectivity index is 1.99. The monoisotopic (exact) mass is 423 g/mol. The summed E-state index contributed by atoms with van der Waals surface area (Å²) in [6.45, 7) is 4.85. The number of nitrogens with one attached hydrogen (secondary N) is 1. The number of carbonyl (C=O) groups is 1. The Hall–Kier alpha value is -3.08. The van der Waals surface area contributed by atoms with Crippen LogP contribution in [0.2, 0.25) is 0 Å². The maximum atomic E-state index is 13.3. The predicted molar refractivity (Wildman–Crippen MR) is 118 cm³/mol. The van der Waals surface area contributed by atoms with Crippen molar-refractivity contribution in [3.8, 4) is 23.5 Å². The van der Waals surface area contributed by atoms with E-state index in [1.54, 1.807) is 24.3 Å². The van der Waals surface area contributed by atoms with E-state index in [1.807, 2.05) is 45.2 Å². The largest absolute Gasteiger partial charge is 0.497 e. The fraction of sp³-hybridized carbons (Fsp3) is 0.417. The molecule has 7 nitrogen and oxygen atoms in total. The second kappa shape index (κ2) is 10.3. The Morgan fingerprint density at radius 1 is 1.35 bits per heavy atom. The molecule has 0 saturated carbocycles. The zero-order valence-corrected chi connectivity index (χ0v) is 18.4. The number of fused-ring (bicyclic) bond motifs is 1. The lowest BCUT2D eigenvalue weighted by atomic mass is 10.0. The molecule has 2 aromatic rings. The van der Waals surface area contributed by atoms with Crippen molar-refractivity contribution >= 4 is 5.91 Å². The fourth-order valence-corrected chi connectivity index (χ4v) is 3.46. The van der Waals surface area contributed by atoms with Gasteiger partial charge in [-0.1, -0.05) is 24.8 Å². The number of aliphatic hydroxyl groups is 1. The van der Waals surface area contributed by atoms with Gasteiger partial charge in [-0.05, 0) is 38.2 Å². The molecular formula is C24H29N3O4. The molecule has 7 heteroatoms. The van der Waals surface area contributed by atoms with E-state index in [-0.39, 0.29) is 30.6 Å². The van der Waals surface area contributed by atoms with Crippen LogP contribution in [0.15, 0.2) is 36.5 Å². The molecule has 0 unspecified atom stereocenters. The Morgan fingerprint density at radius 2 is 2.13 bits per heavy atom. The van der Waals surface area contributed by atoms with E-state index < -0.39 is 0 Å². The van der Waals surface area contributed by atoms with E-state index in [1.165, 1.54) is 0 Å². The predicted octanol–water partition coefficient (Wildman–Crippen LogP) is 1.93. The van der Waals surface area contributed by atoms with E-state index >= 15 is 0 Å². The van der Waals surface area contributed by atoms with Crippen LogP contribution in [0.1, 0.15) is 35.3 Å². The molecule has 0 saturated heterocycles. The molecule has 3 atom stereocenters. The summed E-state index contributed by atoms with van der Waals surface area (Å²) < 4.78 is 11.4. The standard InChI is InChI=1S/C24H29N3O4/c1-16-14-27(17(2)15-28)24(29)21-11-19(12-26-23(21)31-22(16)13-25-3)9-8-18-6-5-7-20(10-18)30-4/h5-7,10-12,16-17,22,25,28H,13-15H2,1-4H3/t16-,17-,22-/m1/s1. The summed E-state index contributed by atoms with van der Waals surface area (Å²) in [6.07, 6.45) is 1.45. The van der Waals surface area contributed by atoms with Gasteiger partial charge in [-0.15, -0.1) is 0 Å². The average molecular weight is 424 g/mol. The Kier molecular flexibility index (Phi) is 7.50. The quantitative estimate of drug-likeness (QED) is 0.715. The van der Waals surface area contributed by atoms with Gasteiger partial charge < -0.3 is 24.8 Å². The van der Waals surface area contributed by atoms with Crippen molar-refractivity contribution in [2.75, 3.05) is 33.9 Å². The van der Waals surface area contributed by atoms with Crippen LogP contribution in [-0.4, -0.2) is 66.9 Å². The lowest BCUT2D eigenvalue weighted by Crippen LogP contribution is -2.49. The number of pyridine rings is 1. The number of carbonyl (C=O) groups excluding carboxylic acids is 1. The SMILES string of the molecule is CNC[C@H]1Oc2ncc(C#Cc3cccc(OC)c3)cc2C(=O)N([C@H](C)CO)C[C@H]1C. The Morgan fingerprint density at radius 3 is 2.84 bits per heavy atom. The van der Waals surface area contributed by atoms with Crippen LogP contribution in [0.3, 0.4) is 0 Å². The van der Waals surface area contributed by atoms with Gasteiger partial charge in [-0.3, -0.25) is 4.79 Å². The molecule has 0 fully saturated rings. The molecule has 3 rings (SSSR count). The third kappa shape index (κ3) is 5.35.